The molecule has 0 aliphatic heterocycles. The van der Waals surface area contributed by atoms with E-state index in [4.69, 9.17) is 0 Å². The van der Waals surface area contributed by atoms with Gasteiger partial charge in [-0.25, -0.2) is 0 Å². The Balaban J connectivity index is 0.000000361. The molecule has 20 heavy (non-hydrogen) atoms. The zero-order valence-corrected chi connectivity index (χ0v) is 14.5. The van der Waals surface area contributed by atoms with Crippen molar-refractivity contribution in [3.05, 3.63) is 13.8 Å². The van der Waals surface area contributed by atoms with Crippen LogP contribution in [0.15, 0.2) is 0 Å². The Kier molecular flexibility index (Phi) is 15.4. The molecule has 0 N–H and O–H groups in total. The average Bonchev–Trinajstić information content (AvgIpc) is 3.16. The molecule has 120 valence electrons. The lowest BCUT2D eigenvalue weighted by atomic mass is 10.1. The van der Waals surface area contributed by atoms with Crippen molar-refractivity contribution in [1.29, 1.82) is 0 Å². The number of unbranched alkanes of at least 4 members (excludes halogenated alkanes) is 10. The summed E-state index contributed by atoms with van der Waals surface area (Å²) in [4.78, 5) is 0. The van der Waals surface area contributed by atoms with Gasteiger partial charge in [0.15, 0.2) is 0 Å². The smallest absolute Gasteiger partial charge is 0.0383 e. The van der Waals surface area contributed by atoms with Gasteiger partial charge in [0.2, 0.25) is 0 Å². The van der Waals surface area contributed by atoms with Crippen molar-refractivity contribution in [2.75, 3.05) is 0 Å². The molecule has 0 aromatic carbocycles. The lowest BCUT2D eigenvalue weighted by Crippen LogP contribution is -1.80. The van der Waals surface area contributed by atoms with E-state index in [1.54, 1.807) is 0 Å². The minimum Gasteiger partial charge on any atom is -0.0654 e. The summed E-state index contributed by atoms with van der Waals surface area (Å²) in [5.74, 6) is 1.83. The van der Waals surface area contributed by atoms with Crippen molar-refractivity contribution < 1.29 is 0 Å². The highest BCUT2D eigenvalue weighted by atomic mass is 14.4. The Labute approximate surface area is 130 Å². The van der Waals surface area contributed by atoms with Crippen molar-refractivity contribution in [3.63, 3.8) is 0 Å². The summed E-state index contributed by atoms with van der Waals surface area (Å²) in [5.41, 5.74) is 0. The standard InChI is InChI=1S/C10H19.C10H21/c1-3-4-5-6-7-10-8-9(10)2;1-3-5-7-9-10-8-6-4-2/h9-10H,2-8H2,1H3;1,3-10H2,2H3. The first-order valence-corrected chi connectivity index (χ1v) is 9.38. The molecule has 0 aromatic heterocycles. The first-order valence-electron chi connectivity index (χ1n) is 9.38. The van der Waals surface area contributed by atoms with Gasteiger partial charge in [0.05, 0.1) is 0 Å². The van der Waals surface area contributed by atoms with Gasteiger partial charge in [-0.3, -0.25) is 0 Å². The van der Waals surface area contributed by atoms with Crippen LogP contribution in [0.1, 0.15) is 104 Å². The molecule has 0 bridgehead atoms. The Morgan fingerprint density at radius 2 is 1.20 bits per heavy atom. The lowest BCUT2D eigenvalue weighted by Gasteiger charge is -1.97. The third-order valence-corrected chi connectivity index (χ3v) is 4.35. The molecule has 1 aliphatic carbocycles. The maximum absolute atomic E-state index is 4.03. The molecule has 0 saturated heterocycles. The molecule has 2 atom stereocenters. The Morgan fingerprint density at radius 3 is 1.65 bits per heavy atom. The third-order valence-electron chi connectivity index (χ3n) is 4.35. The fourth-order valence-electron chi connectivity index (χ4n) is 2.63. The minimum absolute atomic E-state index is 0.821. The highest BCUT2D eigenvalue weighted by Crippen LogP contribution is 2.41. The highest BCUT2D eigenvalue weighted by Gasteiger charge is 2.31. The van der Waals surface area contributed by atoms with E-state index in [1.807, 2.05) is 0 Å². The molecular formula is C20H40. The van der Waals surface area contributed by atoms with Gasteiger partial charge >= 0.3 is 0 Å². The maximum atomic E-state index is 4.03. The molecule has 2 radical (unpaired) electrons. The van der Waals surface area contributed by atoms with Gasteiger partial charge in [0.25, 0.3) is 0 Å². The van der Waals surface area contributed by atoms with Crippen LogP contribution in [0.3, 0.4) is 0 Å². The fourth-order valence-corrected chi connectivity index (χ4v) is 2.63. The first-order chi connectivity index (χ1) is 9.76. The average molecular weight is 281 g/mol. The molecule has 2 unspecified atom stereocenters. The molecule has 0 amide bonds. The zero-order valence-electron chi connectivity index (χ0n) is 14.5. The van der Waals surface area contributed by atoms with Crippen molar-refractivity contribution in [2.24, 2.45) is 11.8 Å². The monoisotopic (exact) mass is 280 g/mol. The summed E-state index contributed by atoms with van der Waals surface area (Å²) in [6, 6.07) is 0. The van der Waals surface area contributed by atoms with E-state index in [0.717, 1.165) is 18.3 Å². The van der Waals surface area contributed by atoms with E-state index in [9.17, 15) is 0 Å². The topological polar surface area (TPSA) is 0 Å². The summed E-state index contributed by atoms with van der Waals surface area (Å²) >= 11 is 0. The maximum Gasteiger partial charge on any atom is -0.0383 e. The normalized spacial score (nSPS) is 20.4. The molecule has 1 saturated carbocycles. The Hall–Kier alpha value is 0. The van der Waals surface area contributed by atoms with Crippen LogP contribution >= 0.6 is 0 Å². The largest absolute Gasteiger partial charge is 0.0654 e. The van der Waals surface area contributed by atoms with Crippen LogP contribution in [-0.4, -0.2) is 0 Å². The lowest BCUT2D eigenvalue weighted by molar-refractivity contribution is 0.585. The van der Waals surface area contributed by atoms with Crippen LogP contribution in [0, 0.1) is 25.7 Å². The summed E-state index contributed by atoms with van der Waals surface area (Å²) in [5, 5.41) is 0. The van der Waals surface area contributed by atoms with E-state index in [-0.39, 0.29) is 0 Å². The molecule has 0 heteroatoms. The predicted octanol–water partition coefficient (Wildman–Crippen LogP) is 7.39. The second-order valence-electron chi connectivity index (χ2n) is 6.58. The van der Waals surface area contributed by atoms with Gasteiger partial charge in [0, 0.05) is 0 Å². The van der Waals surface area contributed by atoms with E-state index in [2.05, 4.69) is 27.7 Å². The van der Waals surface area contributed by atoms with Crippen LogP contribution in [0.5, 0.6) is 0 Å². The number of hydrogen-bond donors (Lipinski definition) is 0. The molecule has 0 nitrogen and oxygen atoms in total. The highest BCUT2D eigenvalue weighted by molar-refractivity contribution is 4.87. The third kappa shape index (κ3) is 14.4. The number of rotatable bonds is 12. The molecule has 0 spiro atoms. The van der Waals surface area contributed by atoms with Crippen molar-refractivity contribution in [2.45, 2.75) is 104 Å². The minimum atomic E-state index is 0.821. The summed E-state index contributed by atoms with van der Waals surface area (Å²) in [6.45, 7) is 12.4. The molecule has 0 heterocycles. The summed E-state index contributed by atoms with van der Waals surface area (Å²) in [7, 11) is 0. The van der Waals surface area contributed by atoms with Gasteiger partial charge in [0.1, 0.15) is 0 Å². The molecule has 1 aliphatic rings. The van der Waals surface area contributed by atoms with Crippen molar-refractivity contribution in [1.82, 2.24) is 0 Å². The van der Waals surface area contributed by atoms with Crippen LogP contribution in [0.4, 0.5) is 0 Å². The zero-order chi connectivity index (χ0) is 15.1. The number of hydrogen-bond acceptors (Lipinski definition) is 0. The van der Waals surface area contributed by atoms with Gasteiger partial charge in [-0.15, -0.1) is 0 Å². The van der Waals surface area contributed by atoms with E-state index in [0.29, 0.717) is 0 Å². The molecule has 1 rings (SSSR count). The Bertz CT molecular complexity index is 165. The molecule has 0 aromatic rings. The summed E-state index contributed by atoms with van der Waals surface area (Å²) < 4.78 is 0. The van der Waals surface area contributed by atoms with Crippen LogP contribution in [0.2, 0.25) is 0 Å². The second-order valence-corrected chi connectivity index (χ2v) is 6.58. The predicted molar refractivity (Wildman–Crippen MR) is 93.7 cm³/mol. The van der Waals surface area contributed by atoms with Gasteiger partial charge < -0.3 is 0 Å². The fraction of sp³-hybridized carbons (Fsp3) is 0.900. The molecule has 1 fully saturated rings. The quantitative estimate of drug-likeness (QED) is 0.327. The first kappa shape index (κ1) is 20.0. The van der Waals surface area contributed by atoms with Crippen molar-refractivity contribution in [3.8, 4) is 0 Å². The SMILES string of the molecule is [CH2]C1CC1CCCCCC.[CH2]CCCCCCCCC. The Morgan fingerprint density at radius 1 is 0.750 bits per heavy atom. The second kappa shape index (κ2) is 15.4. The van der Waals surface area contributed by atoms with E-state index in [1.165, 1.54) is 83.5 Å². The molecular weight excluding hydrogens is 240 g/mol. The van der Waals surface area contributed by atoms with Crippen LogP contribution < -0.4 is 0 Å². The van der Waals surface area contributed by atoms with Gasteiger partial charge in [-0.2, -0.15) is 0 Å². The van der Waals surface area contributed by atoms with Crippen LogP contribution in [0.25, 0.3) is 0 Å². The van der Waals surface area contributed by atoms with Crippen molar-refractivity contribution >= 4 is 0 Å². The van der Waals surface area contributed by atoms with Gasteiger partial charge in [-0.05, 0) is 25.2 Å². The van der Waals surface area contributed by atoms with Gasteiger partial charge in [-0.1, -0.05) is 104 Å². The summed E-state index contributed by atoms with van der Waals surface area (Å²) in [6.07, 6.45) is 19.5. The van der Waals surface area contributed by atoms with E-state index >= 15 is 0 Å². The van der Waals surface area contributed by atoms with Crippen LogP contribution in [-0.2, 0) is 0 Å². The van der Waals surface area contributed by atoms with E-state index < -0.39 is 0 Å².